The summed E-state index contributed by atoms with van der Waals surface area (Å²) in [5, 5.41) is 5.56. The highest BCUT2D eigenvalue weighted by Gasteiger charge is 1.98. The predicted molar refractivity (Wildman–Crippen MR) is 74.0 cm³/mol. The fourth-order valence-electron chi connectivity index (χ4n) is 1.38. The molecule has 0 radical (unpaired) electrons. The lowest BCUT2D eigenvalue weighted by Gasteiger charge is -2.05. The Labute approximate surface area is 108 Å². The van der Waals surface area contributed by atoms with E-state index in [0.717, 1.165) is 13.1 Å². The summed E-state index contributed by atoms with van der Waals surface area (Å²) in [5.74, 6) is 0. The molecular formula is C12H12INS. The topological polar surface area (TPSA) is 12.0 Å². The lowest BCUT2D eigenvalue weighted by atomic mass is 10.2. The van der Waals surface area contributed by atoms with Crippen LogP contribution in [-0.2, 0) is 13.1 Å². The molecule has 1 aromatic carbocycles. The minimum Gasteiger partial charge on any atom is -0.308 e. The van der Waals surface area contributed by atoms with E-state index in [1.807, 2.05) is 0 Å². The molecule has 78 valence electrons. The van der Waals surface area contributed by atoms with E-state index in [4.69, 9.17) is 0 Å². The number of thiophene rings is 1. The molecule has 15 heavy (non-hydrogen) atoms. The molecule has 0 aliphatic heterocycles. The maximum absolute atomic E-state index is 3.45. The molecular weight excluding hydrogens is 317 g/mol. The second-order valence-electron chi connectivity index (χ2n) is 3.27. The third-order valence-corrected chi connectivity index (χ3v) is 4.08. The van der Waals surface area contributed by atoms with Crippen molar-refractivity contribution in [2.24, 2.45) is 0 Å². The van der Waals surface area contributed by atoms with Crippen molar-refractivity contribution in [3.8, 4) is 0 Å². The van der Waals surface area contributed by atoms with Gasteiger partial charge in [0, 0.05) is 21.5 Å². The number of halogens is 1. The van der Waals surface area contributed by atoms with Crippen LogP contribution in [-0.4, -0.2) is 0 Å². The van der Waals surface area contributed by atoms with Crippen molar-refractivity contribution in [1.82, 2.24) is 5.32 Å². The zero-order chi connectivity index (χ0) is 10.5. The molecule has 1 heterocycles. The van der Waals surface area contributed by atoms with Crippen LogP contribution in [0, 0.1) is 3.57 Å². The van der Waals surface area contributed by atoms with Gasteiger partial charge in [0.25, 0.3) is 0 Å². The summed E-state index contributed by atoms with van der Waals surface area (Å²) in [6, 6.07) is 12.7. The molecule has 1 N–H and O–H groups in total. The SMILES string of the molecule is Ic1ccccc1CNCc1cccs1. The van der Waals surface area contributed by atoms with Gasteiger partial charge in [0.15, 0.2) is 0 Å². The Balaban J connectivity index is 1.86. The number of rotatable bonds is 4. The van der Waals surface area contributed by atoms with E-state index in [9.17, 15) is 0 Å². The normalized spacial score (nSPS) is 10.5. The largest absolute Gasteiger partial charge is 0.308 e. The third-order valence-electron chi connectivity index (χ3n) is 2.15. The van der Waals surface area contributed by atoms with Gasteiger partial charge in [-0.05, 0) is 45.7 Å². The molecule has 0 unspecified atom stereocenters. The smallest absolute Gasteiger partial charge is 0.0302 e. The molecule has 0 amide bonds. The molecule has 0 spiro atoms. The quantitative estimate of drug-likeness (QED) is 0.845. The van der Waals surface area contributed by atoms with Gasteiger partial charge in [-0.1, -0.05) is 24.3 Å². The molecule has 2 rings (SSSR count). The van der Waals surface area contributed by atoms with Gasteiger partial charge >= 0.3 is 0 Å². The Morgan fingerprint density at radius 2 is 1.93 bits per heavy atom. The van der Waals surface area contributed by atoms with E-state index in [1.165, 1.54) is 14.0 Å². The van der Waals surface area contributed by atoms with Crippen molar-refractivity contribution < 1.29 is 0 Å². The van der Waals surface area contributed by atoms with Gasteiger partial charge in [0.05, 0.1) is 0 Å². The highest BCUT2D eigenvalue weighted by atomic mass is 127. The average Bonchev–Trinajstić information content (AvgIpc) is 2.74. The van der Waals surface area contributed by atoms with E-state index >= 15 is 0 Å². The molecule has 0 aliphatic rings. The monoisotopic (exact) mass is 329 g/mol. The Kier molecular flexibility index (Phi) is 4.17. The lowest BCUT2D eigenvalue weighted by Crippen LogP contribution is -2.12. The first-order chi connectivity index (χ1) is 7.36. The number of nitrogens with one attached hydrogen (secondary N) is 1. The summed E-state index contributed by atoms with van der Waals surface area (Å²) in [6.45, 7) is 1.90. The van der Waals surface area contributed by atoms with E-state index in [1.54, 1.807) is 11.3 Å². The highest BCUT2D eigenvalue weighted by molar-refractivity contribution is 14.1. The van der Waals surface area contributed by atoms with Gasteiger partial charge < -0.3 is 5.32 Å². The minimum atomic E-state index is 0.941. The zero-order valence-electron chi connectivity index (χ0n) is 8.24. The molecule has 1 aromatic heterocycles. The molecule has 0 bridgehead atoms. The van der Waals surface area contributed by atoms with Crippen LogP contribution in [0.15, 0.2) is 41.8 Å². The first-order valence-electron chi connectivity index (χ1n) is 4.83. The van der Waals surface area contributed by atoms with Gasteiger partial charge in [-0.15, -0.1) is 11.3 Å². The molecule has 3 heteroatoms. The van der Waals surface area contributed by atoms with Crippen molar-refractivity contribution in [3.63, 3.8) is 0 Å². The Morgan fingerprint density at radius 1 is 1.07 bits per heavy atom. The average molecular weight is 329 g/mol. The fraction of sp³-hybridized carbons (Fsp3) is 0.167. The highest BCUT2D eigenvalue weighted by Crippen LogP contribution is 2.12. The van der Waals surface area contributed by atoms with E-state index < -0.39 is 0 Å². The van der Waals surface area contributed by atoms with Gasteiger partial charge in [0.1, 0.15) is 0 Å². The summed E-state index contributed by atoms with van der Waals surface area (Å²) in [5.41, 5.74) is 1.37. The van der Waals surface area contributed by atoms with E-state index in [2.05, 4.69) is 69.7 Å². The van der Waals surface area contributed by atoms with E-state index in [0.29, 0.717) is 0 Å². The Bertz CT molecular complexity index is 411. The summed E-state index contributed by atoms with van der Waals surface area (Å²) < 4.78 is 1.33. The van der Waals surface area contributed by atoms with E-state index in [-0.39, 0.29) is 0 Å². The first kappa shape index (κ1) is 11.1. The van der Waals surface area contributed by atoms with Crippen molar-refractivity contribution in [3.05, 3.63) is 55.8 Å². The zero-order valence-corrected chi connectivity index (χ0v) is 11.2. The van der Waals surface area contributed by atoms with Crippen LogP contribution in [0.3, 0.4) is 0 Å². The number of benzene rings is 1. The summed E-state index contributed by atoms with van der Waals surface area (Å²) in [4.78, 5) is 1.39. The first-order valence-corrected chi connectivity index (χ1v) is 6.78. The maximum atomic E-state index is 3.45. The van der Waals surface area contributed by atoms with Crippen molar-refractivity contribution in [2.75, 3.05) is 0 Å². The summed E-state index contributed by atoms with van der Waals surface area (Å²) in [6.07, 6.45) is 0. The van der Waals surface area contributed by atoms with Crippen molar-refractivity contribution in [1.29, 1.82) is 0 Å². The molecule has 0 saturated heterocycles. The van der Waals surface area contributed by atoms with Crippen LogP contribution in [0.1, 0.15) is 10.4 Å². The predicted octanol–water partition coefficient (Wildman–Crippen LogP) is 3.64. The van der Waals surface area contributed by atoms with Crippen LogP contribution >= 0.6 is 33.9 Å². The van der Waals surface area contributed by atoms with Gasteiger partial charge in [0.2, 0.25) is 0 Å². The van der Waals surface area contributed by atoms with Crippen molar-refractivity contribution >= 4 is 33.9 Å². The molecule has 0 aliphatic carbocycles. The molecule has 0 atom stereocenters. The summed E-state index contributed by atoms with van der Waals surface area (Å²) >= 11 is 4.17. The van der Waals surface area contributed by atoms with Crippen LogP contribution in [0.25, 0.3) is 0 Å². The van der Waals surface area contributed by atoms with Crippen LogP contribution in [0.4, 0.5) is 0 Å². The Morgan fingerprint density at radius 3 is 2.67 bits per heavy atom. The molecule has 1 nitrogen and oxygen atoms in total. The minimum absolute atomic E-state index is 0.941. The van der Waals surface area contributed by atoms with Crippen LogP contribution in [0.2, 0.25) is 0 Å². The second kappa shape index (κ2) is 5.63. The van der Waals surface area contributed by atoms with Gasteiger partial charge in [-0.25, -0.2) is 0 Å². The standard InChI is InChI=1S/C12H12INS/c13-12-6-2-1-4-10(12)8-14-9-11-5-3-7-15-11/h1-7,14H,8-9H2. The number of hydrogen-bond donors (Lipinski definition) is 1. The maximum Gasteiger partial charge on any atom is 0.0302 e. The molecule has 0 saturated carbocycles. The van der Waals surface area contributed by atoms with Gasteiger partial charge in [-0.2, -0.15) is 0 Å². The lowest BCUT2D eigenvalue weighted by molar-refractivity contribution is 0.699. The summed E-state index contributed by atoms with van der Waals surface area (Å²) in [7, 11) is 0. The third kappa shape index (κ3) is 3.29. The number of hydrogen-bond acceptors (Lipinski definition) is 2. The van der Waals surface area contributed by atoms with Crippen LogP contribution < -0.4 is 5.32 Å². The Hall–Kier alpha value is -0.390. The second-order valence-corrected chi connectivity index (χ2v) is 5.47. The van der Waals surface area contributed by atoms with Crippen molar-refractivity contribution in [2.45, 2.75) is 13.1 Å². The molecule has 2 aromatic rings. The van der Waals surface area contributed by atoms with Crippen LogP contribution in [0.5, 0.6) is 0 Å². The molecule has 0 fully saturated rings. The fourth-order valence-corrected chi connectivity index (χ4v) is 2.63. The van der Waals surface area contributed by atoms with Gasteiger partial charge in [-0.3, -0.25) is 0 Å².